The molecule has 0 bridgehead atoms. The topological polar surface area (TPSA) is 53.6 Å². The van der Waals surface area contributed by atoms with Crippen molar-refractivity contribution in [1.82, 2.24) is 0 Å². The highest BCUT2D eigenvalue weighted by molar-refractivity contribution is 5.99. The summed E-state index contributed by atoms with van der Waals surface area (Å²) in [4.78, 5) is 14.6. The lowest BCUT2D eigenvalue weighted by atomic mass is 10.1. The highest BCUT2D eigenvalue weighted by Crippen LogP contribution is 2.36. The van der Waals surface area contributed by atoms with Crippen molar-refractivity contribution in [2.75, 3.05) is 41.8 Å². The standard InChI is InChI=1S/C21H24F3N3O2/c1-14-3-6-17(7-4-14)25-15(2)20(28)26-18-13-16(21(22,23)24)5-8-19(18)27-9-11-29-12-10-27/h3-8,13,15,25H,9-12H2,1-2H3,(H,26,28). The Balaban J connectivity index is 1.80. The molecule has 0 spiro atoms. The molecule has 2 aromatic carbocycles. The molecular weight excluding hydrogens is 383 g/mol. The van der Waals surface area contributed by atoms with Crippen molar-refractivity contribution in [2.24, 2.45) is 0 Å². The number of ether oxygens (including phenoxy) is 1. The van der Waals surface area contributed by atoms with Gasteiger partial charge in [-0.2, -0.15) is 13.2 Å². The Morgan fingerprint density at radius 3 is 2.38 bits per heavy atom. The molecule has 3 rings (SSSR count). The largest absolute Gasteiger partial charge is 0.416 e. The molecule has 1 aliphatic heterocycles. The minimum Gasteiger partial charge on any atom is -0.378 e. The third kappa shape index (κ3) is 5.41. The number of nitrogens with zero attached hydrogens (tertiary/aromatic N) is 1. The highest BCUT2D eigenvalue weighted by atomic mass is 19.4. The molecule has 0 aromatic heterocycles. The van der Waals surface area contributed by atoms with Crippen LogP contribution in [0.5, 0.6) is 0 Å². The van der Waals surface area contributed by atoms with Crippen molar-refractivity contribution in [3.8, 4) is 0 Å². The third-order valence-electron chi connectivity index (χ3n) is 4.76. The van der Waals surface area contributed by atoms with Gasteiger partial charge in [0.1, 0.15) is 6.04 Å². The van der Waals surface area contributed by atoms with Crippen LogP contribution in [0.1, 0.15) is 18.1 Å². The van der Waals surface area contributed by atoms with Gasteiger partial charge in [-0.1, -0.05) is 17.7 Å². The van der Waals surface area contributed by atoms with Gasteiger partial charge < -0.3 is 20.3 Å². The SMILES string of the molecule is Cc1ccc(NC(C)C(=O)Nc2cc(C(F)(F)F)ccc2N2CCOCC2)cc1. The van der Waals surface area contributed by atoms with E-state index in [0.29, 0.717) is 32.0 Å². The fourth-order valence-electron chi connectivity index (χ4n) is 3.10. The molecular formula is C21H24F3N3O2. The van der Waals surface area contributed by atoms with E-state index in [1.165, 1.54) is 6.07 Å². The molecule has 29 heavy (non-hydrogen) atoms. The fourth-order valence-corrected chi connectivity index (χ4v) is 3.10. The molecule has 1 heterocycles. The number of carbonyl (C=O) groups is 1. The Bertz CT molecular complexity index is 847. The van der Waals surface area contributed by atoms with Gasteiger partial charge in [0.15, 0.2) is 0 Å². The summed E-state index contributed by atoms with van der Waals surface area (Å²) in [6, 6.07) is 10.3. The van der Waals surface area contributed by atoms with Crippen molar-refractivity contribution in [2.45, 2.75) is 26.1 Å². The summed E-state index contributed by atoms with van der Waals surface area (Å²) in [5.74, 6) is -0.417. The number of rotatable bonds is 5. The van der Waals surface area contributed by atoms with Crippen molar-refractivity contribution < 1.29 is 22.7 Å². The molecule has 5 nitrogen and oxygen atoms in total. The van der Waals surface area contributed by atoms with Crippen LogP contribution in [0.15, 0.2) is 42.5 Å². The first-order chi connectivity index (χ1) is 13.7. The second-order valence-corrected chi connectivity index (χ2v) is 7.05. The number of nitrogens with one attached hydrogen (secondary N) is 2. The second-order valence-electron chi connectivity index (χ2n) is 7.05. The number of morpholine rings is 1. The predicted molar refractivity (Wildman–Crippen MR) is 107 cm³/mol. The molecule has 1 aliphatic rings. The molecule has 1 fully saturated rings. The van der Waals surface area contributed by atoms with Crippen molar-refractivity contribution in [1.29, 1.82) is 0 Å². The number of amides is 1. The summed E-state index contributed by atoms with van der Waals surface area (Å²) in [6.07, 6.45) is -4.49. The van der Waals surface area contributed by atoms with Gasteiger partial charge in [-0.05, 0) is 44.2 Å². The zero-order chi connectivity index (χ0) is 21.0. The number of halogens is 3. The quantitative estimate of drug-likeness (QED) is 0.777. The highest BCUT2D eigenvalue weighted by Gasteiger charge is 2.32. The van der Waals surface area contributed by atoms with Gasteiger partial charge >= 0.3 is 6.18 Å². The van der Waals surface area contributed by atoms with Crippen molar-refractivity contribution in [3.63, 3.8) is 0 Å². The monoisotopic (exact) mass is 407 g/mol. The summed E-state index contributed by atoms with van der Waals surface area (Å²) in [6.45, 7) is 5.69. The number of benzene rings is 2. The van der Waals surface area contributed by atoms with Gasteiger partial charge in [0.2, 0.25) is 5.91 Å². The maximum absolute atomic E-state index is 13.2. The minimum absolute atomic E-state index is 0.143. The van der Waals surface area contributed by atoms with E-state index in [1.807, 2.05) is 36.1 Å². The molecule has 0 radical (unpaired) electrons. The van der Waals surface area contributed by atoms with Crippen LogP contribution in [0.4, 0.5) is 30.2 Å². The average Bonchev–Trinajstić information content (AvgIpc) is 2.69. The van der Waals surface area contributed by atoms with Crippen LogP contribution in [0.25, 0.3) is 0 Å². The molecule has 1 amide bonds. The van der Waals surface area contributed by atoms with Crippen LogP contribution in [-0.4, -0.2) is 38.3 Å². The summed E-state index contributed by atoms with van der Waals surface area (Å²) in [7, 11) is 0. The van der Waals surface area contributed by atoms with E-state index >= 15 is 0 Å². The lowest BCUT2D eigenvalue weighted by Crippen LogP contribution is -2.37. The molecule has 1 unspecified atom stereocenters. The second kappa shape index (κ2) is 8.73. The Hall–Kier alpha value is -2.74. The van der Waals surface area contributed by atoms with Gasteiger partial charge in [0.05, 0.1) is 30.2 Å². The first kappa shape index (κ1) is 21.0. The van der Waals surface area contributed by atoms with Crippen LogP contribution >= 0.6 is 0 Å². The summed E-state index contributed by atoms with van der Waals surface area (Å²) in [5.41, 5.74) is 1.74. The van der Waals surface area contributed by atoms with E-state index in [2.05, 4.69) is 10.6 Å². The molecule has 2 aromatic rings. The Kier molecular flexibility index (Phi) is 6.32. The predicted octanol–water partition coefficient (Wildman–Crippen LogP) is 4.29. The van der Waals surface area contributed by atoms with Crippen LogP contribution in [-0.2, 0) is 15.7 Å². The Morgan fingerprint density at radius 1 is 1.10 bits per heavy atom. The fraction of sp³-hybridized carbons (Fsp3) is 0.381. The number of aryl methyl sites for hydroxylation is 1. The molecule has 2 N–H and O–H groups in total. The van der Waals surface area contributed by atoms with E-state index in [1.54, 1.807) is 6.92 Å². The zero-order valence-electron chi connectivity index (χ0n) is 16.3. The lowest BCUT2D eigenvalue weighted by molar-refractivity contribution is -0.137. The summed E-state index contributed by atoms with van der Waals surface area (Å²) in [5, 5.41) is 5.73. The van der Waals surface area contributed by atoms with E-state index in [4.69, 9.17) is 4.74 Å². The first-order valence-corrected chi connectivity index (χ1v) is 9.42. The van der Waals surface area contributed by atoms with Crippen molar-refractivity contribution >= 4 is 23.0 Å². The van der Waals surface area contributed by atoms with Gasteiger partial charge in [-0.15, -0.1) is 0 Å². The normalized spacial score (nSPS) is 15.7. The molecule has 0 aliphatic carbocycles. The number of carbonyl (C=O) groups excluding carboxylic acids is 1. The van der Waals surface area contributed by atoms with Gasteiger partial charge in [-0.25, -0.2) is 0 Å². The molecule has 8 heteroatoms. The van der Waals surface area contributed by atoms with E-state index in [-0.39, 0.29) is 5.69 Å². The van der Waals surface area contributed by atoms with Gasteiger partial charge in [-0.3, -0.25) is 4.79 Å². The Labute approximate surface area is 167 Å². The van der Waals surface area contributed by atoms with Crippen LogP contribution in [0.2, 0.25) is 0 Å². The third-order valence-corrected chi connectivity index (χ3v) is 4.76. The van der Waals surface area contributed by atoms with Gasteiger partial charge in [0, 0.05) is 18.8 Å². The maximum atomic E-state index is 13.2. The number of hydrogen-bond acceptors (Lipinski definition) is 4. The first-order valence-electron chi connectivity index (χ1n) is 9.42. The van der Waals surface area contributed by atoms with Crippen molar-refractivity contribution in [3.05, 3.63) is 53.6 Å². The summed E-state index contributed by atoms with van der Waals surface area (Å²) >= 11 is 0. The number of alkyl halides is 3. The van der Waals surface area contributed by atoms with Crippen LogP contribution in [0.3, 0.4) is 0 Å². The number of hydrogen-bond donors (Lipinski definition) is 2. The smallest absolute Gasteiger partial charge is 0.378 e. The lowest BCUT2D eigenvalue weighted by Gasteiger charge is -2.31. The molecule has 1 atom stereocenters. The van der Waals surface area contributed by atoms with Crippen LogP contribution < -0.4 is 15.5 Å². The van der Waals surface area contributed by atoms with E-state index in [0.717, 1.165) is 23.4 Å². The zero-order valence-corrected chi connectivity index (χ0v) is 16.3. The molecule has 1 saturated heterocycles. The van der Waals surface area contributed by atoms with Crippen LogP contribution in [0, 0.1) is 6.92 Å². The molecule has 0 saturated carbocycles. The van der Waals surface area contributed by atoms with E-state index < -0.39 is 23.7 Å². The Morgan fingerprint density at radius 2 is 1.76 bits per heavy atom. The minimum atomic E-state index is -4.49. The maximum Gasteiger partial charge on any atom is 0.416 e. The summed E-state index contributed by atoms with van der Waals surface area (Å²) < 4.78 is 44.9. The van der Waals surface area contributed by atoms with Gasteiger partial charge in [0.25, 0.3) is 0 Å². The number of anilines is 3. The molecule has 156 valence electrons. The average molecular weight is 407 g/mol. The van der Waals surface area contributed by atoms with E-state index in [9.17, 15) is 18.0 Å².